The number of hydrogen-bond acceptors (Lipinski definition) is 11. The van der Waals surface area contributed by atoms with Gasteiger partial charge in [0.2, 0.25) is 5.91 Å². The molecule has 0 spiro atoms. The molecule has 0 bridgehead atoms. The molecule has 234 valence electrons. The third-order valence-electron chi connectivity index (χ3n) is 8.68. The summed E-state index contributed by atoms with van der Waals surface area (Å²) < 4.78 is 33.8. The summed E-state index contributed by atoms with van der Waals surface area (Å²) in [6.45, 7) is 2.87. The first-order valence-corrected chi connectivity index (χ1v) is 16.0. The molecule has 0 radical (unpaired) electrons. The number of nitrogens with one attached hydrogen (secondary N) is 3. The number of rotatable bonds is 8. The van der Waals surface area contributed by atoms with E-state index in [1.54, 1.807) is 12.1 Å². The number of hydrogen-bond donors (Lipinski definition) is 4. The minimum atomic E-state index is -4.33. The summed E-state index contributed by atoms with van der Waals surface area (Å²) in [5.41, 5.74) is 7.43. The van der Waals surface area contributed by atoms with Crippen molar-refractivity contribution >= 4 is 38.2 Å². The largest absolute Gasteiger partial charge is 0.495 e. The van der Waals surface area contributed by atoms with Gasteiger partial charge < -0.3 is 25.2 Å². The fourth-order valence-corrected chi connectivity index (χ4v) is 8.16. The summed E-state index contributed by atoms with van der Waals surface area (Å²) >= 11 is 0. The molecular formula is C29H36N8O6S. The van der Waals surface area contributed by atoms with E-state index in [-0.39, 0.29) is 23.2 Å². The first-order valence-electron chi connectivity index (χ1n) is 14.6. The standard InChI is InChI=1S/C29H36N8O6S/c1-4-19-17-34(2)26-27(36(19)20-9-5-6-10-20)32-29(30,33-28(26)38)31-21-15-18-13-14-35(23(18)16-24(21)43-3)44(41,42)25-12-8-7-11-22(25)37(39)40/h7-8,11-16,19-20,31-32H,4-6,9-10,17,30H2,1-3H3,(H,33,38)/t19?,29-/m1/s1. The second-order valence-corrected chi connectivity index (χ2v) is 13.2. The zero-order chi connectivity index (χ0) is 31.4. The number of carbonyl (C=O) groups excluding carboxylic acids is 1. The highest BCUT2D eigenvalue weighted by Crippen LogP contribution is 2.37. The molecule has 2 atom stereocenters. The van der Waals surface area contributed by atoms with Gasteiger partial charge in [0.25, 0.3) is 21.6 Å². The van der Waals surface area contributed by atoms with Gasteiger partial charge in [-0.1, -0.05) is 31.9 Å². The number of nitro benzene ring substituents is 1. The van der Waals surface area contributed by atoms with Crippen LogP contribution in [0.5, 0.6) is 5.75 Å². The average Bonchev–Trinajstić information content (AvgIpc) is 3.66. The summed E-state index contributed by atoms with van der Waals surface area (Å²) in [6.07, 6.45) is 6.60. The van der Waals surface area contributed by atoms with Crippen LogP contribution in [0.15, 0.2) is 65.1 Å². The number of likely N-dealkylation sites (N-methyl/N-ethyl adjacent to an activating group) is 1. The molecular weight excluding hydrogens is 588 g/mol. The van der Waals surface area contributed by atoms with E-state index in [0.29, 0.717) is 28.6 Å². The Morgan fingerprint density at radius 2 is 1.91 bits per heavy atom. The van der Waals surface area contributed by atoms with E-state index in [2.05, 4.69) is 27.8 Å². The smallest absolute Gasteiger partial charge is 0.289 e. The zero-order valence-corrected chi connectivity index (χ0v) is 25.6. The summed E-state index contributed by atoms with van der Waals surface area (Å²) in [7, 11) is -1.00. The highest BCUT2D eigenvalue weighted by Gasteiger charge is 2.46. The van der Waals surface area contributed by atoms with E-state index in [4.69, 9.17) is 10.5 Å². The lowest BCUT2D eigenvalue weighted by Crippen LogP contribution is -2.76. The van der Waals surface area contributed by atoms with Crippen LogP contribution in [0.3, 0.4) is 0 Å². The SMILES string of the molecule is CCC1CN(C)C2=C(N[C@@](N)(Nc3cc4ccn(S(=O)(=O)c5ccccc5[N+](=O)[O-])c4cc3OC)NC2=O)N1C1CCCC1. The number of nitro groups is 1. The Bertz CT molecular complexity index is 1780. The lowest BCUT2D eigenvalue weighted by molar-refractivity contribution is -0.387. The van der Waals surface area contributed by atoms with E-state index in [1.165, 1.54) is 37.6 Å². The number of amides is 1. The molecule has 15 heteroatoms. The van der Waals surface area contributed by atoms with Gasteiger partial charge in [-0.3, -0.25) is 26.0 Å². The predicted octanol–water partition coefficient (Wildman–Crippen LogP) is 2.63. The monoisotopic (exact) mass is 624 g/mol. The number of para-hydroxylation sites is 1. The molecule has 14 nitrogen and oxygen atoms in total. The van der Waals surface area contributed by atoms with Crippen molar-refractivity contribution in [1.82, 2.24) is 24.4 Å². The highest BCUT2D eigenvalue weighted by molar-refractivity contribution is 7.90. The number of ether oxygens (including phenoxy) is 1. The molecule has 1 aliphatic carbocycles. The molecule has 2 aliphatic heterocycles. The predicted molar refractivity (Wildman–Crippen MR) is 164 cm³/mol. The van der Waals surface area contributed by atoms with Gasteiger partial charge in [-0.25, -0.2) is 12.4 Å². The lowest BCUT2D eigenvalue weighted by Gasteiger charge is -2.52. The van der Waals surface area contributed by atoms with Gasteiger partial charge in [-0.2, -0.15) is 0 Å². The van der Waals surface area contributed by atoms with Crippen LogP contribution in [0.4, 0.5) is 11.4 Å². The number of nitrogens with two attached hydrogens (primary N) is 1. The minimum absolute atomic E-state index is 0.206. The van der Waals surface area contributed by atoms with Gasteiger partial charge in [0.05, 0.1) is 23.2 Å². The minimum Gasteiger partial charge on any atom is -0.495 e. The number of anilines is 1. The van der Waals surface area contributed by atoms with Crippen molar-refractivity contribution < 1.29 is 22.9 Å². The first kappa shape index (κ1) is 29.6. The van der Waals surface area contributed by atoms with Crippen molar-refractivity contribution in [2.24, 2.45) is 5.73 Å². The van der Waals surface area contributed by atoms with E-state index in [9.17, 15) is 23.3 Å². The van der Waals surface area contributed by atoms with Crippen LogP contribution in [0, 0.1) is 10.1 Å². The second kappa shape index (κ2) is 10.9. The van der Waals surface area contributed by atoms with Crippen LogP contribution in [0.1, 0.15) is 39.0 Å². The molecule has 1 unspecified atom stereocenters. The van der Waals surface area contributed by atoms with Crippen molar-refractivity contribution in [3.8, 4) is 5.75 Å². The van der Waals surface area contributed by atoms with Crippen molar-refractivity contribution in [3.05, 3.63) is 70.3 Å². The Morgan fingerprint density at radius 3 is 2.59 bits per heavy atom. The van der Waals surface area contributed by atoms with Crippen LogP contribution >= 0.6 is 0 Å². The highest BCUT2D eigenvalue weighted by atomic mass is 32.2. The Labute approximate surface area is 255 Å². The van der Waals surface area contributed by atoms with Crippen molar-refractivity contribution in [1.29, 1.82) is 0 Å². The lowest BCUT2D eigenvalue weighted by atomic mass is 10.0. The van der Waals surface area contributed by atoms with Crippen LogP contribution in [0.25, 0.3) is 10.9 Å². The molecule has 3 aliphatic rings. The van der Waals surface area contributed by atoms with Crippen molar-refractivity contribution in [3.63, 3.8) is 0 Å². The molecule has 1 saturated carbocycles. The van der Waals surface area contributed by atoms with Crippen LogP contribution in [0.2, 0.25) is 0 Å². The maximum absolute atomic E-state index is 13.6. The van der Waals surface area contributed by atoms with Gasteiger partial charge in [0.15, 0.2) is 4.90 Å². The van der Waals surface area contributed by atoms with Gasteiger partial charge in [0, 0.05) is 49.4 Å². The number of methoxy groups -OCH3 is 1. The van der Waals surface area contributed by atoms with E-state index < -0.39 is 31.4 Å². The summed E-state index contributed by atoms with van der Waals surface area (Å²) in [4.78, 5) is 28.3. The quantitative estimate of drug-likeness (QED) is 0.165. The number of fused-ring (bicyclic) bond motifs is 1. The van der Waals surface area contributed by atoms with Gasteiger partial charge >= 0.3 is 0 Å². The van der Waals surface area contributed by atoms with E-state index in [0.717, 1.165) is 48.7 Å². The Morgan fingerprint density at radius 1 is 1.18 bits per heavy atom. The molecule has 0 saturated heterocycles. The molecule has 1 amide bonds. The molecule has 1 aromatic heterocycles. The topological polar surface area (TPSA) is 177 Å². The Balaban J connectivity index is 1.37. The molecule has 3 aromatic rings. The van der Waals surface area contributed by atoms with E-state index in [1.807, 2.05) is 11.9 Å². The molecule has 44 heavy (non-hydrogen) atoms. The van der Waals surface area contributed by atoms with Crippen LogP contribution in [-0.2, 0) is 14.8 Å². The van der Waals surface area contributed by atoms with Crippen molar-refractivity contribution in [2.75, 3.05) is 26.0 Å². The number of carbonyl (C=O) groups is 1. The Hall–Kier alpha value is -4.50. The zero-order valence-electron chi connectivity index (χ0n) is 24.7. The summed E-state index contributed by atoms with van der Waals surface area (Å²) in [5, 5.41) is 21.5. The third-order valence-corrected chi connectivity index (χ3v) is 10.4. The average molecular weight is 625 g/mol. The fourth-order valence-electron chi connectivity index (χ4n) is 6.65. The maximum Gasteiger partial charge on any atom is 0.289 e. The number of benzene rings is 2. The summed E-state index contributed by atoms with van der Waals surface area (Å²) in [6, 6.07) is 10.4. The number of aromatic nitrogens is 1. The molecule has 2 aromatic carbocycles. The molecule has 1 fully saturated rings. The number of nitrogens with zero attached hydrogens (tertiary/aromatic N) is 4. The van der Waals surface area contributed by atoms with Gasteiger partial charge in [0.1, 0.15) is 17.3 Å². The maximum atomic E-state index is 13.6. The molecule has 6 rings (SSSR count). The Kier molecular flexibility index (Phi) is 7.32. The third kappa shape index (κ3) is 4.85. The van der Waals surface area contributed by atoms with E-state index >= 15 is 0 Å². The second-order valence-electron chi connectivity index (χ2n) is 11.5. The van der Waals surface area contributed by atoms with Gasteiger partial charge in [-0.15, -0.1) is 0 Å². The normalized spacial score (nSPS) is 22.5. The first-order chi connectivity index (χ1) is 21.0. The van der Waals surface area contributed by atoms with Crippen LogP contribution in [-0.4, -0.2) is 71.7 Å². The van der Waals surface area contributed by atoms with Gasteiger partial charge in [-0.05, 0) is 37.5 Å². The van der Waals surface area contributed by atoms with Crippen LogP contribution < -0.4 is 26.4 Å². The fraction of sp³-hybridized carbons (Fsp3) is 0.414. The van der Waals surface area contributed by atoms with Crippen molar-refractivity contribution in [2.45, 2.75) is 61.9 Å². The molecule has 3 heterocycles. The molecule has 5 N–H and O–H groups in total. The summed E-state index contributed by atoms with van der Waals surface area (Å²) in [5.74, 6) is -1.01.